The molecule has 168 valence electrons. The van der Waals surface area contributed by atoms with Crippen molar-refractivity contribution in [2.45, 2.75) is 17.7 Å². The molecule has 2 saturated heterocycles. The van der Waals surface area contributed by atoms with Crippen LogP contribution in [0.2, 0.25) is 0 Å². The fourth-order valence-electron chi connectivity index (χ4n) is 4.26. The van der Waals surface area contributed by atoms with E-state index in [1.807, 2.05) is 47.4 Å². The Balaban J connectivity index is 1.12. The minimum absolute atomic E-state index is 0.0255. The lowest BCUT2D eigenvalue weighted by atomic mass is 10.1. The molecule has 8 nitrogen and oxygen atoms in total. The number of benzene rings is 1. The molecule has 3 aliphatic heterocycles. The first-order chi connectivity index (χ1) is 15.4. The molecule has 0 aliphatic carbocycles. The zero-order valence-corrected chi connectivity index (χ0v) is 19.2. The van der Waals surface area contributed by atoms with Gasteiger partial charge in [-0.25, -0.2) is 13.4 Å². The van der Waals surface area contributed by atoms with E-state index in [9.17, 15) is 13.2 Å². The Kier molecular flexibility index (Phi) is 5.81. The normalized spacial score (nSPS) is 24.2. The molecule has 1 aromatic heterocycles. The Hall–Kier alpha value is -2.59. The summed E-state index contributed by atoms with van der Waals surface area (Å²) in [7, 11) is -2.94. The number of piperazine rings is 1. The van der Waals surface area contributed by atoms with Gasteiger partial charge in [-0.05, 0) is 29.8 Å². The highest BCUT2D eigenvalue weighted by Gasteiger charge is 2.42. The van der Waals surface area contributed by atoms with Gasteiger partial charge in [-0.1, -0.05) is 30.0 Å². The van der Waals surface area contributed by atoms with Crippen molar-refractivity contribution < 1.29 is 13.2 Å². The molecular weight excluding hydrogens is 446 g/mol. The summed E-state index contributed by atoms with van der Waals surface area (Å²) in [6.45, 7) is 2.97. The largest absolute Gasteiger partial charge is 0.353 e. The van der Waals surface area contributed by atoms with Crippen LogP contribution in [0.15, 0.2) is 53.7 Å². The van der Waals surface area contributed by atoms with Crippen molar-refractivity contribution >= 4 is 44.2 Å². The molecule has 5 rings (SSSR count). The van der Waals surface area contributed by atoms with Crippen molar-refractivity contribution in [2.24, 2.45) is 4.99 Å². The third kappa shape index (κ3) is 4.75. The first-order valence-electron chi connectivity index (χ1n) is 10.7. The number of amides is 1. The number of sulfone groups is 1. The maximum atomic E-state index is 12.7. The first kappa shape index (κ1) is 21.3. The van der Waals surface area contributed by atoms with Gasteiger partial charge in [0.1, 0.15) is 5.82 Å². The Bertz CT molecular complexity index is 1110. The summed E-state index contributed by atoms with van der Waals surface area (Å²) in [5.74, 6) is 1.44. The number of carbonyl (C=O) groups excluding carboxylic acids is 1. The second kappa shape index (κ2) is 8.74. The molecule has 2 fully saturated rings. The molecule has 2 aromatic rings. The summed E-state index contributed by atoms with van der Waals surface area (Å²) in [6.07, 6.45) is 2.17. The average molecular weight is 472 g/mol. The van der Waals surface area contributed by atoms with E-state index in [0.29, 0.717) is 19.5 Å². The van der Waals surface area contributed by atoms with Crippen molar-refractivity contribution in [3.63, 3.8) is 0 Å². The molecule has 10 heteroatoms. The van der Waals surface area contributed by atoms with Gasteiger partial charge in [-0.3, -0.25) is 9.79 Å². The number of fused-ring (bicyclic) bond motifs is 1. The summed E-state index contributed by atoms with van der Waals surface area (Å²) in [5, 5.41) is 4.07. The van der Waals surface area contributed by atoms with E-state index in [4.69, 9.17) is 0 Å². The van der Waals surface area contributed by atoms with Gasteiger partial charge in [0.25, 0.3) is 0 Å². The predicted octanol–water partition coefficient (Wildman–Crippen LogP) is 1.65. The van der Waals surface area contributed by atoms with E-state index in [2.05, 4.69) is 20.2 Å². The van der Waals surface area contributed by atoms with Crippen LogP contribution in [0.4, 0.5) is 11.5 Å². The van der Waals surface area contributed by atoms with Crippen LogP contribution in [0.25, 0.3) is 0 Å². The van der Waals surface area contributed by atoms with Crippen LogP contribution in [-0.4, -0.2) is 78.4 Å². The number of aliphatic imine (C=N–C) groups is 1. The Labute approximate surface area is 192 Å². The van der Waals surface area contributed by atoms with Crippen LogP contribution in [-0.2, 0) is 21.1 Å². The van der Waals surface area contributed by atoms with E-state index in [0.717, 1.165) is 35.3 Å². The van der Waals surface area contributed by atoms with Crippen molar-refractivity contribution in [2.75, 3.05) is 47.9 Å². The van der Waals surface area contributed by atoms with E-state index >= 15 is 0 Å². The van der Waals surface area contributed by atoms with Crippen LogP contribution < -0.4 is 10.2 Å². The highest BCUT2D eigenvalue weighted by molar-refractivity contribution is 8.15. The minimum atomic E-state index is -2.94. The number of anilines is 2. The van der Waals surface area contributed by atoms with Crippen molar-refractivity contribution in [3.05, 3.63) is 54.2 Å². The monoisotopic (exact) mass is 471 g/mol. The van der Waals surface area contributed by atoms with Gasteiger partial charge in [0.2, 0.25) is 5.91 Å². The standard InChI is InChI=1S/C22H25N5O3S2/c28-21(27-11-9-26(10-12-27)20-3-1-2-8-23-20)13-16-4-6-17(7-5-16)24-22-25-18-14-32(29,30)15-19(18)31-22/h1-8,18-19H,9-15H2,(H,24,25). The number of rotatable bonds is 4. The average Bonchev–Trinajstić information content (AvgIpc) is 3.28. The lowest BCUT2D eigenvalue weighted by molar-refractivity contribution is -0.130. The van der Waals surface area contributed by atoms with Gasteiger partial charge >= 0.3 is 0 Å². The number of nitrogens with zero attached hydrogens (tertiary/aromatic N) is 4. The maximum absolute atomic E-state index is 12.7. The second-order valence-electron chi connectivity index (χ2n) is 8.29. The zero-order valence-electron chi connectivity index (χ0n) is 17.6. The molecule has 2 unspecified atom stereocenters. The highest BCUT2D eigenvalue weighted by Crippen LogP contribution is 2.34. The molecule has 0 spiro atoms. The van der Waals surface area contributed by atoms with Gasteiger partial charge in [-0.2, -0.15) is 0 Å². The number of nitrogens with one attached hydrogen (secondary N) is 1. The molecule has 1 aromatic carbocycles. The third-order valence-electron chi connectivity index (χ3n) is 5.98. The van der Waals surface area contributed by atoms with Gasteiger partial charge in [0.15, 0.2) is 15.0 Å². The molecule has 3 aliphatic rings. The van der Waals surface area contributed by atoms with Crippen molar-refractivity contribution in [3.8, 4) is 0 Å². The van der Waals surface area contributed by atoms with Crippen LogP contribution in [0.1, 0.15) is 5.56 Å². The Morgan fingerprint density at radius 2 is 1.84 bits per heavy atom. The van der Waals surface area contributed by atoms with Crippen molar-refractivity contribution in [1.82, 2.24) is 9.88 Å². The van der Waals surface area contributed by atoms with Gasteiger partial charge in [0.05, 0.1) is 24.0 Å². The van der Waals surface area contributed by atoms with Gasteiger partial charge in [-0.15, -0.1) is 0 Å². The topological polar surface area (TPSA) is 95.0 Å². The SMILES string of the molecule is O=C(Cc1ccc(NC2=NC3CS(=O)(=O)CC3S2)cc1)N1CCN(c2ccccn2)CC1. The molecule has 32 heavy (non-hydrogen) atoms. The van der Waals surface area contributed by atoms with E-state index in [1.165, 1.54) is 11.8 Å². The fraction of sp³-hybridized carbons (Fsp3) is 0.409. The molecular formula is C22H25N5O3S2. The fourth-order valence-corrected chi connectivity index (χ4v) is 7.93. The second-order valence-corrected chi connectivity index (χ2v) is 11.7. The predicted molar refractivity (Wildman–Crippen MR) is 128 cm³/mol. The molecule has 1 amide bonds. The summed E-state index contributed by atoms with van der Waals surface area (Å²) in [5.41, 5.74) is 1.86. The summed E-state index contributed by atoms with van der Waals surface area (Å²) in [6, 6.07) is 13.5. The maximum Gasteiger partial charge on any atom is 0.227 e. The molecule has 0 bridgehead atoms. The van der Waals surface area contributed by atoms with E-state index in [-0.39, 0.29) is 28.7 Å². The van der Waals surface area contributed by atoms with Gasteiger partial charge < -0.3 is 15.1 Å². The number of hydrogen-bond acceptors (Lipinski definition) is 8. The molecule has 0 saturated carbocycles. The van der Waals surface area contributed by atoms with Gasteiger partial charge in [0, 0.05) is 43.3 Å². The lowest BCUT2D eigenvalue weighted by Gasteiger charge is -2.35. The van der Waals surface area contributed by atoms with E-state index < -0.39 is 9.84 Å². The Morgan fingerprint density at radius 1 is 1.06 bits per heavy atom. The van der Waals surface area contributed by atoms with Crippen LogP contribution in [0, 0.1) is 0 Å². The van der Waals surface area contributed by atoms with Crippen LogP contribution in [0.5, 0.6) is 0 Å². The number of amidine groups is 1. The number of thioether (sulfide) groups is 1. The zero-order chi connectivity index (χ0) is 22.1. The lowest BCUT2D eigenvalue weighted by Crippen LogP contribution is -2.49. The smallest absolute Gasteiger partial charge is 0.227 e. The van der Waals surface area contributed by atoms with Crippen LogP contribution in [0.3, 0.4) is 0 Å². The molecule has 4 heterocycles. The first-order valence-corrected chi connectivity index (χ1v) is 13.4. The summed E-state index contributed by atoms with van der Waals surface area (Å²) >= 11 is 1.50. The molecule has 0 radical (unpaired) electrons. The highest BCUT2D eigenvalue weighted by atomic mass is 32.2. The number of hydrogen-bond donors (Lipinski definition) is 1. The minimum Gasteiger partial charge on any atom is -0.353 e. The summed E-state index contributed by atoms with van der Waals surface area (Å²) < 4.78 is 23.4. The van der Waals surface area contributed by atoms with E-state index in [1.54, 1.807) is 6.20 Å². The van der Waals surface area contributed by atoms with Crippen LogP contribution >= 0.6 is 11.8 Å². The molecule has 2 atom stereocenters. The number of carbonyl (C=O) groups is 1. The van der Waals surface area contributed by atoms with Crippen molar-refractivity contribution in [1.29, 1.82) is 0 Å². The molecule has 1 N–H and O–H groups in total. The number of aromatic nitrogens is 1. The quantitative estimate of drug-likeness (QED) is 0.725. The number of pyridine rings is 1. The summed E-state index contributed by atoms with van der Waals surface area (Å²) in [4.78, 5) is 25.8. The third-order valence-corrected chi connectivity index (χ3v) is 9.13. The Morgan fingerprint density at radius 3 is 2.53 bits per heavy atom.